The number of rotatable bonds is 4. The molecule has 0 aromatic heterocycles. The molecular weight excluding hydrogens is 132 g/mol. The van der Waals surface area contributed by atoms with Gasteiger partial charge in [0.2, 0.25) is 0 Å². The summed E-state index contributed by atoms with van der Waals surface area (Å²) in [5, 5.41) is 0. The number of allylic oxidation sites excluding steroid dienone is 2. The smallest absolute Gasteiger partial charge is 0.00988 e. The highest BCUT2D eigenvalue weighted by Crippen LogP contribution is 2.37. The fourth-order valence-corrected chi connectivity index (χ4v) is 1.89. The van der Waals surface area contributed by atoms with Crippen LogP contribution in [0.4, 0.5) is 0 Å². The summed E-state index contributed by atoms with van der Waals surface area (Å²) in [6.45, 7) is 11.3. The molecule has 0 fully saturated rings. The van der Waals surface area contributed by atoms with Crippen LogP contribution in [0, 0.1) is 5.41 Å². The predicted octanol–water partition coefficient (Wildman–Crippen LogP) is 4.17. The Morgan fingerprint density at radius 2 is 1.45 bits per heavy atom. The third-order valence-corrected chi connectivity index (χ3v) is 3.30. The summed E-state index contributed by atoms with van der Waals surface area (Å²) in [4.78, 5) is 0. The second-order valence-electron chi connectivity index (χ2n) is 3.31. The van der Waals surface area contributed by atoms with E-state index >= 15 is 0 Å². The van der Waals surface area contributed by atoms with E-state index in [0.717, 1.165) is 0 Å². The first-order valence-corrected chi connectivity index (χ1v) is 4.80. The summed E-state index contributed by atoms with van der Waals surface area (Å²) in [6.07, 6.45) is 6.08. The largest absolute Gasteiger partial charge is 0.0882 e. The summed E-state index contributed by atoms with van der Waals surface area (Å²) in [6, 6.07) is 0. The Hall–Kier alpha value is -0.260. The average Bonchev–Trinajstić information content (AvgIpc) is 2.08. The summed E-state index contributed by atoms with van der Waals surface area (Å²) in [5.74, 6) is 0. The van der Waals surface area contributed by atoms with E-state index in [1.54, 1.807) is 5.57 Å². The molecule has 0 atom stereocenters. The molecule has 0 aliphatic rings. The van der Waals surface area contributed by atoms with Crippen molar-refractivity contribution in [2.45, 2.75) is 53.9 Å². The Morgan fingerprint density at radius 1 is 1.09 bits per heavy atom. The van der Waals surface area contributed by atoms with Gasteiger partial charge in [-0.25, -0.2) is 0 Å². The maximum Gasteiger partial charge on any atom is -0.00988 e. The van der Waals surface area contributed by atoms with Gasteiger partial charge in [0.25, 0.3) is 0 Å². The predicted molar refractivity (Wildman–Crippen MR) is 52.7 cm³/mol. The standard InChI is InChI=1S/C11H22/c1-6-10(5)11(7-2,8-3)9-4/h6H,7-9H2,1-5H3. The van der Waals surface area contributed by atoms with Crippen LogP contribution in [0.25, 0.3) is 0 Å². The molecule has 11 heavy (non-hydrogen) atoms. The molecule has 0 unspecified atom stereocenters. The molecular formula is C11H22. The van der Waals surface area contributed by atoms with Gasteiger partial charge in [-0.15, -0.1) is 0 Å². The molecule has 0 saturated heterocycles. The molecule has 0 heterocycles. The third-order valence-electron chi connectivity index (χ3n) is 3.30. The quantitative estimate of drug-likeness (QED) is 0.533. The van der Waals surface area contributed by atoms with E-state index < -0.39 is 0 Å². The normalized spacial score (nSPS) is 13.7. The van der Waals surface area contributed by atoms with Crippen LogP contribution in [0.3, 0.4) is 0 Å². The van der Waals surface area contributed by atoms with Crippen LogP contribution in [-0.4, -0.2) is 0 Å². The van der Waals surface area contributed by atoms with E-state index in [1.807, 2.05) is 0 Å². The topological polar surface area (TPSA) is 0 Å². The summed E-state index contributed by atoms with van der Waals surface area (Å²) in [5.41, 5.74) is 2.05. The molecule has 0 bridgehead atoms. The Balaban J connectivity index is 4.54. The van der Waals surface area contributed by atoms with Gasteiger partial charge >= 0.3 is 0 Å². The van der Waals surface area contributed by atoms with E-state index in [9.17, 15) is 0 Å². The van der Waals surface area contributed by atoms with Crippen LogP contribution >= 0.6 is 0 Å². The minimum atomic E-state index is 0.495. The van der Waals surface area contributed by atoms with Crippen molar-refractivity contribution in [2.24, 2.45) is 5.41 Å². The Morgan fingerprint density at radius 3 is 1.55 bits per heavy atom. The highest BCUT2D eigenvalue weighted by molar-refractivity contribution is 5.10. The van der Waals surface area contributed by atoms with E-state index in [0.29, 0.717) is 5.41 Å². The lowest BCUT2D eigenvalue weighted by atomic mass is 9.74. The lowest BCUT2D eigenvalue weighted by Gasteiger charge is -2.31. The third kappa shape index (κ3) is 2.08. The van der Waals surface area contributed by atoms with Gasteiger partial charge in [-0.05, 0) is 38.5 Å². The van der Waals surface area contributed by atoms with Crippen LogP contribution < -0.4 is 0 Å². The molecule has 0 radical (unpaired) electrons. The fraction of sp³-hybridized carbons (Fsp3) is 0.818. The zero-order chi connectivity index (χ0) is 8.91. The maximum absolute atomic E-state index is 2.29. The van der Waals surface area contributed by atoms with Gasteiger partial charge in [0.05, 0.1) is 0 Å². The van der Waals surface area contributed by atoms with Crippen molar-refractivity contribution in [1.82, 2.24) is 0 Å². The molecule has 66 valence electrons. The number of hydrogen-bond acceptors (Lipinski definition) is 0. The molecule has 0 aromatic carbocycles. The fourth-order valence-electron chi connectivity index (χ4n) is 1.89. The van der Waals surface area contributed by atoms with Gasteiger partial charge in [-0.1, -0.05) is 32.4 Å². The second-order valence-corrected chi connectivity index (χ2v) is 3.31. The zero-order valence-electron chi connectivity index (χ0n) is 8.70. The monoisotopic (exact) mass is 154 g/mol. The van der Waals surface area contributed by atoms with E-state index in [1.165, 1.54) is 19.3 Å². The van der Waals surface area contributed by atoms with Gasteiger partial charge in [0, 0.05) is 0 Å². The number of hydrogen-bond donors (Lipinski definition) is 0. The lowest BCUT2D eigenvalue weighted by molar-refractivity contribution is 0.314. The SMILES string of the molecule is CC=C(C)C(CC)(CC)CC. The summed E-state index contributed by atoms with van der Waals surface area (Å²) in [7, 11) is 0. The Labute approximate surface area is 71.7 Å². The van der Waals surface area contributed by atoms with Crippen molar-refractivity contribution in [3.63, 3.8) is 0 Å². The molecule has 0 rings (SSSR count). The van der Waals surface area contributed by atoms with Crippen molar-refractivity contribution in [3.8, 4) is 0 Å². The maximum atomic E-state index is 2.29. The van der Waals surface area contributed by atoms with Gasteiger partial charge in [-0.3, -0.25) is 0 Å². The van der Waals surface area contributed by atoms with Crippen molar-refractivity contribution in [2.75, 3.05) is 0 Å². The van der Waals surface area contributed by atoms with Crippen LogP contribution in [0.1, 0.15) is 53.9 Å². The first-order chi connectivity index (χ1) is 5.16. The summed E-state index contributed by atoms with van der Waals surface area (Å²) < 4.78 is 0. The van der Waals surface area contributed by atoms with Gasteiger partial charge < -0.3 is 0 Å². The molecule has 0 saturated carbocycles. The van der Waals surface area contributed by atoms with Crippen LogP contribution in [0.5, 0.6) is 0 Å². The minimum absolute atomic E-state index is 0.495. The molecule has 0 N–H and O–H groups in total. The Kier molecular flexibility index (Phi) is 4.48. The molecule has 0 aromatic rings. The highest BCUT2D eigenvalue weighted by Gasteiger charge is 2.24. The average molecular weight is 154 g/mol. The second kappa shape index (κ2) is 4.58. The Bertz CT molecular complexity index is 119. The molecule has 0 heteroatoms. The lowest BCUT2D eigenvalue weighted by Crippen LogP contribution is -2.18. The van der Waals surface area contributed by atoms with Crippen molar-refractivity contribution in [1.29, 1.82) is 0 Å². The minimum Gasteiger partial charge on any atom is -0.0882 e. The van der Waals surface area contributed by atoms with Crippen LogP contribution in [-0.2, 0) is 0 Å². The van der Waals surface area contributed by atoms with Crippen LogP contribution in [0.2, 0.25) is 0 Å². The molecule has 0 spiro atoms. The van der Waals surface area contributed by atoms with Gasteiger partial charge in [-0.2, -0.15) is 0 Å². The van der Waals surface area contributed by atoms with Gasteiger partial charge in [0.15, 0.2) is 0 Å². The van der Waals surface area contributed by atoms with E-state index in [4.69, 9.17) is 0 Å². The summed E-state index contributed by atoms with van der Waals surface area (Å²) >= 11 is 0. The van der Waals surface area contributed by atoms with Crippen molar-refractivity contribution >= 4 is 0 Å². The van der Waals surface area contributed by atoms with E-state index in [2.05, 4.69) is 40.7 Å². The molecule has 0 amide bonds. The van der Waals surface area contributed by atoms with E-state index in [-0.39, 0.29) is 0 Å². The molecule has 0 aliphatic carbocycles. The molecule has 0 aliphatic heterocycles. The van der Waals surface area contributed by atoms with Gasteiger partial charge in [0.1, 0.15) is 0 Å². The first-order valence-electron chi connectivity index (χ1n) is 4.80. The van der Waals surface area contributed by atoms with Crippen molar-refractivity contribution < 1.29 is 0 Å². The highest BCUT2D eigenvalue weighted by atomic mass is 14.3. The van der Waals surface area contributed by atoms with Crippen molar-refractivity contribution in [3.05, 3.63) is 11.6 Å². The molecule has 0 nitrogen and oxygen atoms in total. The zero-order valence-corrected chi connectivity index (χ0v) is 8.70. The first kappa shape index (κ1) is 10.7. The van der Waals surface area contributed by atoms with Crippen LogP contribution in [0.15, 0.2) is 11.6 Å².